The van der Waals surface area contributed by atoms with E-state index in [2.05, 4.69) is 43.4 Å². The van der Waals surface area contributed by atoms with Crippen LogP contribution in [0.1, 0.15) is 51.0 Å². The van der Waals surface area contributed by atoms with E-state index in [0.29, 0.717) is 5.92 Å². The van der Waals surface area contributed by atoms with Gasteiger partial charge in [0.2, 0.25) is 0 Å². The highest BCUT2D eigenvalue weighted by molar-refractivity contribution is 5.37. The minimum atomic E-state index is 0.673. The van der Waals surface area contributed by atoms with E-state index in [0.717, 1.165) is 31.4 Å². The fraction of sp³-hybridized carbons (Fsp3) is 0.647. The summed E-state index contributed by atoms with van der Waals surface area (Å²) in [5.74, 6) is 2.54. The van der Waals surface area contributed by atoms with Crippen molar-refractivity contribution in [1.29, 1.82) is 0 Å². The third-order valence-corrected chi connectivity index (χ3v) is 4.11. The van der Waals surface area contributed by atoms with Crippen LogP contribution in [0.15, 0.2) is 24.3 Å². The van der Waals surface area contributed by atoms with Crippen molar-refractivity contribution in [1.82, 2.24) is 5.32 Å². The third-order valence-electron chi connectivity index (χ3n) is 4.11. The minimum absolute atomic E-state index is 0.673. The molecule has 2 unspecified atom stereocenters. The normalized spacial score (nSPS) is 22.6. The maximum Gasteiger partial charge on any atom is 0.122 e. The van der Waals surface area contributed by atoms with Crippen molar-refractivity contribution in [3.05, 3.63) is 29.8 Å². The van der Waals surface area contributed by atoms with Crippen LogP contribution in [0.4, 0.5) is 0 Å². The van der Waals surface area contributed by atoms with Gasteiger partial charge in [-0.15, -0.1) is 0 Å². The number of nitrogens with one attached hydrogen (secondary N) is 1. The van der Waals surface area contributed by atoms with Crippen molar-refractivity contribution in [2.45, 2.75) is 45.4 Å². The molecule has 1 aliphatic rings. The zero-order chi connectivity index (χ0) is 13.5. The molecule has 0 radical (unpaired) electrons. The zero-order valence-corrected chi connectivity index (χ0v) is 12.3. The molecule has 1 fully saturated rings. The Balaban J connectivity index is 2.06. The van der Waals surface area contributed by atoms with Crippen LogP contribution in [0.5, 0.6) is 5.75 Å². The first kappa shape index (κ1) is 14.4. The van der Waals surface area contributed by atoms with Gasteiger partial charge in [0, 0.05) is 0 Å². The van der Waals surface area contributed by atoms with Gasteiger partial charge in [0.1, 0.15) is 5.75 Å². The molecule has 0 aromatic heterocycles. The molecule has 2 atom stereocenters. The molecule has 1 aromatic rings. The molecule has 2 heteroatoms. The minimum Gasteiger partial charge on any atom is -0.494 e. The molecule has 0 bridgehead atoms. The maximum absolute atomic E-state index is 5.80. The summed E-state index contributed by atoms with van der Waals surface area (Å²) in [4.78, 5) is 0. The summed E-state index contributed by atoms with van der Waals surface area (Å²) in [6.07, 6.45) is 5.22. The summed E-state index contributed by atoms with van der Waals surface area (Å²) in [6, 6.07) is 8.60. The Morgan fingerprint density at radius 1 is 1.21 bits per heavy atom. The average molecular weight is 261 g/mol. The van der Waals surface area contributed by atoms with Crippen LogP contribution in [0, 0.1) is 5.92 Å². The number of para-hydroxylation sites is 1. The molecular formula is C17H27NO. The topological polar surface area (TPSA) is 21.3 Å². The van der Waals surface area contributed by atoms with Crippen LogP contribution in [-0.4, -0.2) is 19.7 Å². The Hall–Kier alpha value is -1.02. The van der Waals surface area contributed by atoms with Gasteiger partial charge >= 0.3 is 0 Å². The highest BCUT2D eigenvalue weighted by Crippen LogP contribution is 2.42. The second-order valence-electron chi connectivity index (χ2n) is 5.47. The number of rotatable bonds is 7. The molecule has 2 nitrogen and oxygen atoms in total. The lowest BCUT2D eigenvalue weighted by atomic mass is 9.88. The van der Waals surface area contributed by atoms with E-state index in [4.69, 9.17) is 4.74 Å². The van der Waals surface area contributed by atoms with Crippen LogP contribution in [0.25, 0.3) is 0 Å². The SMILES string of the molecule is CCCNCC1CCCC1c1ccccc1OCC. The summed E-state index contributed by atoms with van der Waals surface area (Å²) in [5.41, 5.74) is 1.42. The fourth-order valence-corrected chi connectivity index (χ4v) is 3.23. The molecule has 0 amide bonds. The second-order valence-corrected chi connectivity index (χ2v) is 5.47. The second kappa shape index (κ2) is 7.54. The average Bonchev–Trinajstić information content (AvgIpc) is 2.88. The van der Waals surface area contributed by atoms with Gasteiger partial charge < -0.3 is 10.1 Å². The smallest absolute Gasteiger partial charge is 0.122 e. The quantitative estimate of drug-likeness (QED) is 0.750. The number of ether oxygens (including phenoxy) is 1. The third kappa shape index (κ3) is 3.73. The summed E-state index contributed by atoms with van der Waals surface area (Å²) in [6.45, 7) is 7.33. The first-order chi connectivity index (χ1) is 9.36. The standard InChI is InChI=1S/C17H27NO/c1-3-12-18-13-14-8-7-10-15(14)16-9-5-6-11-17(16)19-4-2/h5-6,9,11,14-15,18H,3-4,7-8,10,12-13H2,1-2H3. The van der Waals surface area contributed by atoms with Gasteiger partial charge in [0.05, 0.1) is 6.61 Å². The van der Waals surface area contributed by atoms with Crippen LogP contribution in [0.2, 0.25) is 0 Å². The van der Waals surface area contributed by atoms with Crippen molar-refractivity contribution < 1.29 is 4.74 Å². The Labute approximate surface area is 117 Å². The van der Waals surface area contributed by atoms with Gasteiger partial charge in [0.25, 0.3) is 0 Å². The van der Waals surface area contributed by atoms with Gasteiger partial charge in [-0.25, -0.2) is 0 Å². The van der Waals surface area contributed by atoms with Crippen LogP contribution >= 0.6 is 0 Å². The van der Waals surface area contributed by atoms with Crippen molar-refractivity contribution >= 4 is 0 Å². The molecule has 0 aliphatic heterocycles. The molecule has 1 N–H and O–H groups in total. The Morgan fingerprint density at radius 2 is 2.05 bits per heavy atom. The molecule has 0 heterocycles. The van der Waals surface area contributed by atoms with E-state index in [9.17, 15) is 0 Å². The monoisotopic (exact) mass is 261 g/mol. The van der Waals surface area contributed by atoms with E-state index in [1.54, 1.807) is 0 Å². The van der Waals surface area contributed by atoms with E-state index in [1.165, 1.54) is 31.2 Å². The van der Waals surface area contributed by atoms with Crippen LogP contribution < -0.4 is 10.1 Å². The van der Waals surface area contributed by atoms with Gasteiger partial charge in [0.15, 0.2) is 0 Å². The number of benzene rings is 1. The van der Waals surface area contributed by atoms with Gasteiger partial charge in [-0.3, -0.25) is 0 Å². The van der Waals surface area contributed by atoms with E-state index in [1.807, 2.05) is 0 Å². The van der Waals surface area contributed by atoms with Gasteiger partial charge in [-0.1, -0.05) is 31.5 Å². The zero-order valence-electron chi connectivity index (χ0n) is 12.3. The van der Waals surface area contributed by atoms with Gasteiger partial charge in [-0.05, 0) is 62.7 Å². The molecule has 1 aromatic carbocycles. The molecular weight excluding hydrogens is 234 g/mol. The van der Waals surface area contributed by atoms with E-state index in [-0.39, 0.29) is 0 Å². The van der Waals surface area contributed by atoms with Crippen molar-refractivity contribution in [3.63, 3.8) is 0 Å². The largest absolute Gasteiger partial charge is 0.494 e. The summed E-state index contributed by atoms with van der Waals surface area (Å²) < 4.78 is 5.80. The van der Waals surface area contributed by atoms with Crippen LogP contribution in [-0.2, 0) is 0 Å². The summed E-state index contributed by atoms with van der Waals surface area (Å²) in [7, 11) is 0. The molecule has 1 saturated carbocycles. The lowest BCUT2D eigenvalue weighted by molar-refractivity contribution is 0.329. The molecule has 0 spiro atoms. The Kier molecular flexibility index (Phi) is 5.71. The molecule has 19 heavy (non-hydrogen) atoms. The van der Waals surface area contributed by atoms with E-state index < -0.39 is 0 Å². The molecule has 106 valence electrons. The molecule has 0 saturated heterocycles. The predicted octanol–water partition coefficient (Wildman–Crippen LogP) is 3.97. The van der Waals surface area contributed by atoms with Crippen molar-refractivity contribution in [3.8, 4) is 5.75 Å². The maximum atomic E-state index is 5.80. The lowest BCUT2D eigenvalue weighted by Crippen LogP contribution is -2.25. The number of hydrogen-bond acceptors (Lipinski definition) is 2. The first-order valence-corrected chi connectivity index (χ1v) is 7.79. The van der Waals surface area contributed by atoms with Crippen molar-refractivity contribution in [2.75, 3.05) is 19.7 Å². The Bertz CT molecular complexity index is 377. The first-order valence-electron chi connectivity index (χ1n) is 7.79. The predicted molar refractivity (Wildman–Crippen MR) is 80.9 cm³/mol. The lowest BCUT2D eigenvalue weighted by Gasteiger charge is -2.22. The highest BCUT2D eigenvalue weighted by atomic mass is 16.5. The van der Waals surface area contributed by atoms with E-state index >= 15 is 0 Å². The molecule has 2 rings (SSSR count). The fourth-order valence-electron chi connectivity index (χ4n) is 3.23. The summed E-state index contributed by atoms with van der Waals surface area (Å²) in [5, 5.41) is 3.59. The van der Waals surface area contributed by atoms with Gasteiger partial charge in [-0.2, -0.15) is 0 Å². The van der Waals surface area contributed by atoms with Crippen LogP contribution in [0.3, 0.4) is 0 Å². The Morgan fingerprint density at radius 3 is 2.84 bits per heavy atom. The van der Waals surface area contributed by atoms with Crippen molar-refractivity contribution in [2.24, 2.45) is 5.92 Å². The summed E-state index contributed by atoms with van der Waals surface area (Å²) >= 11 is 0. The number of hydrogen-bond donors (Lipinski definition) is 1. The molecule has 1 aliphatic carbocycles. The highest BCUT2D eigenvalue weighted by Gasteiger charge is 2.29.